The minimum atomic E-state index is -1.45. The Morgan fingerprint density at radius 2 is 1.97 bits per heavy atom. The highest BCUT2D eigenvalue weighted by Gasteiger charge is 2.53. The SMILES string of the molecule is COC1(OC)CCC(C)(C(=O)O)N(C(=O)c2nc(C)sc2-c2cccc(F)c2)C1. The van der Waals surface area contributed by atoms with E-state index < -0.39 is 29.0 Å². The summed E-state index contributed by atoms with van der Waals surface area (Å²) in [6.45, 7) is 3.18. The van der Waals surface area contributed by atoms with Gasteiger partial charge < -0.3 is 19.5 Å². The van der Waals surface area contributed by atoms with E-state index in [0.29, 0.717) is 21.9 Å². The molecule has 1 unspecified atom stereocenters. The van der Waals surface area contributed by atoms with Crippen LogP contribution in [-0.2, 0) is 14.3 Å². The van der Waals surface area contributed by atoms with E-state index in [0.717, 1.165) is 0 Å². The Hall–Kier alpha value is -2.36. The van der Waals surface area contributed by atoms with Gasteiger partial charge in [-0.1, -0.05) is 12.1 Å². The zero-order valence-corrected chi connectivity index (χ0v) is 17.5. The molecule has 0 aliphatic carbocycles. The van der Waals surface area contributed by atoms with E-state index in [2.05, 4.69) is 4.98 Å². The number of ether oxygens (including phenoxy) is 2. The van der Waals surface area contributed by atoms with Gasteiger partial charge in [0.25, 0.3) is 5.91 Å². The van der Waals surface area contributed by atoms with E-state index in [9.17, 15) is 19.1 Å². The molecule has 1 amide bonds. The van der Waals surface area contributed by atoms with Crippen molar-refractivity contribution < 1.29 is 28.6 Å². The fourth-order valence-electron chi connectivity index (χ4n) is 3.52. The first-order valence-corrected chi connectivity index (χ1v) is 9.86. The monoisotopic (exact) mass is 422 g/mol. The summed E-state index contributed by atoms with van der Waals surface area (Å²) < 4.78 is 24.7. The van der Waals surface area contributed by atoms with E-state index in [4.69, 9.17) is 9.47 Å². The fraction of sp³-hybridized carbons (Fsp3) is 0.450. The summed E-state index contributed by atoms with van der Waals surface area (Å²) in [5.74, 6) is -3.21. The topological polar surface area (TPSA) is 89.0 Å². The van der Waals surface area contributed by atoms with E-state index in [1.165, 1.54) is 49.5 Å². The number of aryl methyl sites for hydroxylation is 1. The third-order valence-corrected chi connectivity index (χ3v) is 6.48. The molecule has 1 fully saturated rings. The van der Waals surface area contributed by atoms with Crippen molar-refractivity contribution >= 4 is 23.2 Å². The molecule has 1 saturated heterocycles. The number of likely N-dealkylation sites (tertiary alicyclic amines) is 1. The van der Waals surface area contributed by atoms with Crippen molar-refractivity contribution in [1.82, 2.24) is 9.88 Å². The highest BCUT2D eigenvalue weighted by molar-refractivity contribution is 7.15. The Balaban J connectivity index is 2.09. The second kappa shape index (κ2) is 7.81. The molecule has 1 N–H and O–H groups in total. The van der Waals surface area contributed by atoms with Crippen molar-refractivity contribution in [3.05, 3.63) is 40.8 Å². The number of carbonyl (C=O) groups is 2. The first-order chi connectivity index (χ1) is 13.7. The van der Waals surface area contributed by atoms with Crippen molar-refractivity contribution in [1.29, 1.82) is 0 Å². The number of carboxylic acid groups (broad SMARTS) is 1. The first kappa shape index (κ1) is 21.4. The van der Waals surface area contributed by atoms with Crippen LogP contribution in [0, 0.1) is 12.7 Å². The van der Waals surface area contributed by atoms with Crippen molar-refractivity contribution in [2.24, 2.45) is 0 Å². The number of carboxylic acids is 1. The summed E-state index contributed by atoms with van der Waals surface area (Å²) >= 11 is 1.25. The van der Waals surface area contributed by atoms with Crippen LogP contribution in [0.25, 0.3) is 10.4 Å². The lowest BCUT2D eigenvalue weighted by atomic mass is 9.85. The molecule has 1 atom stereocenters. The summed E-state index contributed by atoms with van der Waals surface area (Å²) in [6.07, 6.45) is 0.466. The summed E-state index contributed by atoms with van der Waals surface area (Å²) in [5.41, 5.74) is -0.847. The highest BCUT2D eigenvalue weighted by Crippen LogP contribution is 2.39. The van der Waals surface area contributed by atoms with Gasteiger partial charge in [0.1, 0.15) is 17.1 Å². The number of piperidine rings is 1. The zero-order chi connectivity index (χ0) is 21.4. The molecule has 156 valence electrons. The lowest BCUT2D eigenvalue weighted by Crippen LogP contribution is -2.65. The van der Waals surface area contributed by atoms with Crippen LogP contribution in [0.5, 0.6) is 0 Å². The highest BCUT2D eigenvalue weighted by atomic mass is 32.1. The molecule has 29 heavy (non-hydrogen) atoms. The molecule has 1 aromatic carbocycles. The molecular formula is C20H23FN2O5S. The van der Waals surface area contributed by atoms with Crippen LogP contribution in [0.4, 0.5) is 4.39 Å². The average molecular weight is 422 g/mol. The van der Waals surface area contributed by atoms with Crippen LogP contribution in [0.1, 0.15) is 35.3 Å². The van der Waals surface area contributed by atoms with Crippen molar-refractivity contribution in [3.8, 4) is 10.4 Å². The summed E-state index contributed by atoms with van der Waals surface area (Å²) in [7, 11) is 2.92. The number of hydrogen-bond donors (Lipinski definition) is 1. The molecule has 0 radical (unpaired) electrons. The van der Waals surface area contributed by atoms with Gasteiger partial charge >= 0.3 is 5.97 Å². The Labute approximate surface area is 172 Å². The van der Waals surface area contributed by atoms with E-state index >= 15 is 0 Å². The predicted molar refractivity (Wildman–Crippen MR) is 105 cm³/mol. The summed E-state index contributed by atoms with van der Waals surface area (Å²) in [4.78, 5) is 31.7. The number of nitrogens with zero attached hydrogens (tertiary/aromatic N) is 2. The normalized spacial score (nSPS) is 21.2. The molecule has 0 saturated carbocycles. The van der Waals surface area contributed by atoms with Gasteiger partial charge in [0.05, 0.1) is 16.4 Å². The first-order valence-electron chi connectivity index (χ1n) is 9.05. The number of hydrogen-bond acceptors (Lipinski definition) is 6. The van der Waals surface area contributed by atoms with Crippen molar-refractivity contribution in [2.45, 2.75) is 38.0 Å². The van der Waals surface area contributed by atoms with Crippen LogP contribution >= 0.6 is 11.3 Å². The van der Waals surface area contributed by atoms with Crippen LogP contribution in [0.2, 0.25) is 0 Å². The maximum atomic E-state index is 13.7. The van der Waals surface area contributed by atoms with Gasteiger partial charge in [-0.3, -0.25) is 4.79 Å². The minimum absolute atomic E-state index is 0.0687. The fourth-order valence-corrected chi connectivity index (χ4v) is 4.43. The third kappa shape index (κ3) is 3.77. The number of methoxy groups -OCH3 is 2. The maximum absolute atomic E-state index is 13.7. The predicted octanol–water partition coefficient (Wildman–Crippen LogP) is 3.33. The smallest absolute Gasteiger partial charge is 0.329 e. The third-order valence-electron chi connectivity index (χ3n) is 5.46. The Morgan fingerprint density at radius 3 is 2.55 bits per heavy atom. The Bertz CT molecular complexity index is 943. The number of aromatic nitrogens is 1. The minimum Gasteiger partial charge on any atom is -0.480 e. The quantitative estimate of drug-likeness (QED) is 0.744. The summed E-state index contributed by atoms with van der Waals surface area (Å²) in [5, 5.41) is 10.5. The molecule has 3 rings (SSSR count). The van der Waals surface area contributed by atoms with Crippen molar-refractivity contribution in [3.63, 3.8) is 0 Å². The molecule has 1 aliphatic heterocycles. The number of amides is 1. The van der Waals surface area contributed by atoms with Crippen molar-refractivity contribution in [2.75, 3.05) is 20.8 Å². The average Bonchev–Trinajstić information content (AvgIpc) is 3.10. The zero-order valence-electron chi connectivity index (χ0n) is 16.7. The molecule has 2 aromatic rings. The van der Waals surface area contributed by atoms with Gasteiger partial charge in [-0.2, -0.15) is 0 Å². The van der Waals surface area contributed by atoms with E-state index in [-0.39, 0.29) is 18.7 Å². The van der Waals surface area contributed by atoms with Gasteiger partial charge in [-0.25, -0.2) is 14.2 Å². The van der Waals surface area contributed by atoms with Gasteiger partial charge in [-0.15, -0.1) is 11.3 Å². The molecule has 0 bridgehead atoms. The van der Waals surface area contributed by atoms with Gasteiger partial charge in [0.2, 0.25) is 0 Å². The number of benzene rings is 1. The molecule has 0 spiro atoms. The number of halogens is 1. The van der Waals surface area contributed by atoms with Crippen LogP contribution in [0.3, 0.4) is 0 Å². The lowest BCUT2D eigenvalue weighted by molar-refractivity contribution is -0.241. The van der Waals surface area contributed by atoms with Crippen LogP contribution in [-0.4, -0.2) is 59.0 Å². The number of thiazole rings is 1. The second-order valence-electron chi connectivity index (χ2n) is 7.21. The molecular weight excluding hydrogens is 399 g/mol. The van der Waals surface area contributed by atoms with Gasteiger partial charge in [0.15, 0.2) is 5.79 Å². The Kier molecular flexibility index (Phi) is 5.75. The van der Waals surface area contributed by atoms with E-state index in [1.807, 2.05) is 0 Å². The number of carbonyl (C=O) groups excluding carboxylic acids is 1. The summed E-state index contributed by atoms with van der Waals surface area (Å²) in [6, 6.07) is 5.88. The Morgan fingerprint density at radius 1 is 1.28 bits per heavy atom. The molecule has 7 nitrogen and oxygen atoms in total. The standard InChI is InChI=1S/C20H23FN2O5S/c1-12-22-15(16(29-12)13-6-5-7-14(21)10-13)17(24)23-11-20(27-3,28-4)9-8-19(23,2)18(25)26/h5-7,10H,8-9,11H2,1-4H3,(H,25,26). The lowest BCUT2D eigenvalue weighted by Gasteiger charge is -2.48. The molecule has 2 heterocycles. The molecule has 1 aliphatic rings. The molecule has 1 aromatic heterocycles. The number of aliphatic carboxylic acids is 1. The number of rotatable bonds is 5. The second-order valence-corrected chi connectivity index (χ2v) is 8.41. The molecule has 9 heteroatoms. The van der Waals surface area contributed by atoms with Gasteiger partial charge in [0, 0.05) is 20.6 Å². The largest absolute Gasteiger partial charge is 0.480 e. The van der Waals surface area contributed by atoms with Gasteiger partial charge in [-0.05, 0) is 38.0 Å². The van der Waals surface area contributed by atoms with E-state index in [1.54, 1.807) is 19.1 Å². The maximum Gasteiger partial charge on any atom is 0.329 e. The van der Waals surface area contributed by atoms with Crippen LogP contribution < -0.4 is 0 Å². The van der Waals surface area contributed by atoms with Crippen LogP contribution in [0.15, 0.2) is 24.3 Å².